The molecule has 6 heteroatoms. The highest BCUT2D eigenvalue weighted by Gasteiger charge is 2.12. The van der Waals surface area contributed by atoms with Crippen LogP contribution in [0.2, 0.25) is 0 Å². The van der Waals surface area contributed by atoms with Crippen molar-refractivity contribution >= 4 is 16.5 Å². The van der Waals surface area contributed by atoms with Gasteiger partial charge in [0.15, 0.2) is 0 Å². The SMILES string of the molecule is CCNc1nnc(CN(CCOC)C(C)C)s1. The van der Waals surface area contributed by atoms with Gasteiger partial charge in [0.2, 0.25) is 5.13 Å². The number of hydrogen-bond acceptors (Lipinski definition) is 6. The van der Waals surface area contributed by atoms with E-state index in [0.717, 1.165) is 36.4 Å². The van der Waals surface area contributed by atoms with Crippen LogP contribution < -0.4 is 5.32 Å². The summed E-state index contributed by atoms with van der Waals surface area (Å²) in [5, 5.41) is 13.4. The standard InChI is InChI=1S/C11H22N4OS/c1-5-12-11-14-13-10(17-11)8-15(9(2)3)6-7-16-4/h9H,5-8H2,1-4H3,(H,12,14). The van der Waals surface area contributed by atoms with Crippen LogP contribution in [0.25, 0.3) is 0 Å². The van der Waals surface area contributed by atoms with Crippen LogP contribution in [0.3, 0.4) is 0 Å². The Bertz CT molecular complexity index is 316. The van der Waals surface area contributed by atoms with Crippen LogP contribution in [0.1, 0.15) is 25.8 Å². The van der Waals surface area contributed by atoms with Crippen LogP contribution in [0.5, 0.6) is 0 Å². The third-order valence-corrected chi connectivity index (χ3v) is 3.31. The van der Waals surface area contributed by atoms with E-state index in [-0.39, 0.29) is 0 Å². The van der Waals surface area contributed by atoms with Crippen molar-refractivity contribution < 1.29 is 4.74 Å². The van der Waals surface area contributed by atoms with Gasteiger partial charge in [-0.05, 0) is 20.8 Å². The van der Waals surface area contributed by atoms with Crippen LogP contribution in [-0.2, 0) is 11.3 Å². The van der Waals surface area contributed by atoms with E-state index in [9.17, 15) is 0 Å². The lowest BCUT2D eigenvalue weighted by Gasteiger charge is -2.24. The number of aromatic nitrogens is 2. The fourth-order valence-corrected chi connectivity index (χ4v) is 2.28. The lowest BCUT2D eigenvalue weighted by atomic mass is 10.3. The molecule has 0 saturated carbocycles. The van der Waals surface area contributed by atoms with E-state index < -0.39 is 0 Å². The third kappa shape index (κ3) is 4.97. The zero-order chi connectivity index (χ0) is 12.7. The summed E-state index contributed by atoms with van der Waals surface area (Å²) in [7, 11) is 1.73. The van der Waals surface area contributed by atoms with Crippen LogP contribution >= 0.6 is 11.3 Å². The summed E-state index contributed by atoms with van der Waals surface area (Å²) in [6, 6.07) is 0.483. The number of rotatable bonds is 8. The molecule has 0 bridgehead atoms. The van der Waals surface area contributed by atoms with Gasteiger partial charge < -0.3 is 10.1 Å². The van der Waals surface area contributed by atoms with Gasteiger partial charge in [-0.1, -0.05) is 11.3 Å². The molecule has 0 unspecified atom stereocenters. The van der Waals surface area contributed by atoms with Gasteiger partial charge in [0, 0.05) is 26.2 Å². The molecule has 0 aliphatic rings. The zero-order valence-electron chi connectivity index (χ0n) is 11.1. The van der Waals surface area contributed by atoms with E-state index in [2.05, 4.69) is 41.2 Å². The quantitative estimate of drug-likeness (QED) is 0.771. The van der Waals surface area contributed by atoms with Crippen molar-refractivity contribution in [3.8, 4) is 0 Å². The monoisotopic (exact) mass is 258 g/mol. The molecule has 0 atom stereocenters. The predicted molar refractivity (Wildman–Crippen MR) is 71.5 cm³/mol. The Morgan fingerprint density at radius 2 is 2.18 bits per heavy atom. The summed E-state index contributed by atoms with van der Waals surface area (Å²) in [6.45, 7) is 9.81. The molecule has 1 N–H and O–H groups in total. The van der Waals surface area contributed by atoms with Gasteiger partial charge in [-0.25, -0.2) is 0 Å². The van der Waals surface area contributed by atoms with Crippen molar-refractivity contribution in [1.29, 1.82) is 0 Å². The zero-order valence-corrected chi connectivity index (χ0v) is 11.9. The van der Waals surface area contributed by atoms with E-state index in [0.29, 0.717) is 6.04 Å². The molecule has 0 fully saturated rings. The Morgan fingerprint density at radius 1 is 1.41 bits per heavy atom. The Hall–Kier alpha value is -0.720. The number of nitrogens with one attached hydrogen (secondary N) is 1. The topological polar surface area (TPSA) is 50.3 Å². The molecule has 1 aromatic rings. The summed E-state index contributed by atoms with van der Waals surface area (Å²) in [4.78, 5) is 2.33. The fourth-order valence-electron chi connectivity index (χ4n) is 1.44. The number of methoxy groups -OCH3 is 1. The Balaban J connectivity index is 2.52. The van der Waals surface area contributed by atoms with Crippen molar-refractivity contribution in [2.45, 2.75) is 33.4 Å². The van der Waals surface area contributed by atoms with Gasteiger partial charge in [0.25, 0.3) is 0 Å². The molecule has 0 aromatic carbocycles. The Labute approximate surface area is 107 Å². The van der Waals surface area contributed by atoms with Gasteiger partial charge >= 0.3 is 0 Å². The highest BCUT2D eigenvalue weighted by atomic mass is 32.1. The second kappa shape index (κ2) is 7.58. The Morgan fingerprint density at radius 3 is 2.76 bits per heavy atom. The molecule has 0 amide bonds. The molecule has 5 nitrogen and oxygen atoms in total. The molecule has 0 spiro atoms. The number of hydrogen-bond donors (Lipinski definition) is 1. The molecule has 1 aromatic heterocycles. The Kier molecular flexibility index (Phi) is 6.39. The maximum absolute atomic E-state index is 5.12. The minimum atomic E-state index is 0.483. The normalized spacial score (nSPS) is 11.4. The number of nitrogens with zero attached hydrogens (tertiary/aromatic N) is 3. The maximum atomic E-state index is 5.12. The van der Waals surface area contributed by atoms with Crippen molar-refractivity contribution in [2.75, 3.05) is 32.1 Å². The van der Waals surface area contributed by atoms with Crippen LogP contribution in [-0.4, -0.2) is 47.9 Å². The summed E-state index contributed by atoms with van der Waals surface area (Å²) >= 11 is 1.62. The number of anilines is 1. The van der Waals surface area contributed by atoms with Crippen LogP contribution in [0, 0.1) is 0 Å². The summed E-state index contributed by atoms with van der Waals surface area (Å²) in [5.74, 6) is 0. The van der Waals surface area contributed by atoms with E-state index in [1.807, 2.05) is 0 Å². The summed E-state index contributed by atoms with van der Waals surface area (Å²) in [6.07, 6.45) is 0. The first-order valence-corrected chi connectivity index (χ1v) is 6.78. The van der Waals surface area contributed by atoms with Gasteiger partial charge in [0.05, 0.1) is 13.2 Å². The van der Waals surface area contributed by atoms with Gasteiger partial charge in [-0.2, -0.15) is 0 Å². The summed E-state index contributed by atoms with van der Waals surface area (Å²) in [5.41, 5.74) is 0. The van der Waals surface area contributed by atoms with E-state index in [1.54, 1.807) is 18.4 Å². The van der Waals surface area contributed by atoms with Crippen LogP contribution in [0.4, 0.5) is 5.13 Å². The smallest absolute Gasteiger partial charge is 0.205 e. The van der Waals surface area contributed by atoms with Crippen molar-refractivity contribution in [3.63, 3.8) is 0 Å². The molecule has 0 aliphatic heterocycles. The largest absolute Gasteiger partial charge is 0.383 e. The van der Waals surface area contributed by atoms with Crippen molar-refractivity contribution in [2.24, 2.45) is 0 Å². The molecular formula is C11H22N4OS. The first-order valence-electron chi connectivity index (χ1n) is 5.96. The molecule has 0 saturated heterocycles. The first kappa shape index (κ1) is 14.3. The second-order valence-corrected chi connectivity index (χ2v) is 5.15. The molecular weight excluding hydrogens is 236 g/mol. The maximum Gasteiger partial charge on any atom is 0.205 e. The lowest BCUT2D eigenvalue weighted by molar-refractivity contribution is 0.124. The van der Waals surface area contributed by atoms with Gasteiger partial charge in [-0.15, -0.1) is 10.2 Å². The molecule has 1 heterocycles. The van der Waals surface area contributed by atoms with Crippen molar-refractivity contribution in [1.82, 2.24) is 15.1 Å². The highest BCUT2D eigenvalue weighted by Crippen LogP contribution is 2.17. The molecule has 1 rings (SSSR count). The number of ether oxygens (including phenoxy) is 1. The van der Waals surface area contributed by atoms with Crippen molar-refractivity contribution in [3.05, 3.63) is 5.01 Å². The summed E-state index contributed by atoms with van der Waals surface area (Å²) < 4.78 is 5.12. The average Bonchev–Trinajstić information content (AvgIpc) is 2.72. The lowest BCUT2D eigenvalue weighted by Crippen LogP contribution is -2.33. The molecule has 0 radical (unpaired) electrons. The average molecular weight is 258 g/mol. The fraction of sp³-hybridized carbons (Fsp3) is 0.818. The highest BCUT2D eigenvalue weighted by molar-refractivity contribution is 7.15. The van der Waals surface area contributed by atoms with E-state index in [1.165, 1.54) is 0 Å². The van der Waals surface area contributed by atoms with E-state index >= 15 is 0 Å². The second-order valence-electron chi connectivity index (χ2n) is 4.09. The first-order chi connectivity index (χ1) is 8.17. The third-order valence-electron chi connectivity index (χ3n) is 2.45. The molecule has 0 aliphatic carbocycles. The predicted octanol–water partition coefficient (Wildman–Crippen LogP) is 1.83. The molecule has 98 valence electrons. The van der Waals surface area contributed by atoms with Gasteiger partial charge in [0.1, 0.15) is 5.01 Å². The minimum absolute atomic E-state index is 0.483. The van der Waals surface area contributed by atoms with Gasteiger partial charge in [-0.3, -0.25) is 4.90 Å². The van der Waals surface area contributed by atoms with Crippen LogP contribution in [0.15, 0.2) is 0 Å². The minimum Gasteiger partial charge on any atom is -0.383 e. The van der Waals surface area contributed by atoms with E-state index in [4.69, 9.17) is 4.74 Å². The molecule has 17 heavy (non-hydrogen) atoms.